The second-order valence-corrected chi connectivity index (χ2v) is 4.54. The van der Waals surface area contributed by atoms with Crippen LogP contribution in [0.25, 0.3) is 0 Å². The Morgan fingerprint density at radius 1 is 1.35 bits per heavy atom. The van der Waals surface area contributed by atoms with Crippen molar-refractivity contribution in [2.75, 3.05) is 20.7 Å². The molecule has 2 N–H and O–H groups in total. The van der Waals surface area contributed by atoms with Gasteiger partial charge in [0.15, 0.2) is 17.6 Å². The second kappa shape index (κ2) is 8.43. The van der Waals surface area contributed by atoms with Gasteiger partial charge in [0.25, 0.3) is 5.91 Å². The molecule has 1 aromatic rings. The number of nitrogens with one attached hydrogen (secondary N) is 2. The number of methoxy groups -OCH3 is 1. The van der Waals surface area contributed by atoms with Crippen molar-refractivity contribution >= 4 is 5.91 Å². The summed E-state index contributed by atoms with van der Waals surface area (Å²) in [6.45, 7) is 5.57. The topological polar surface area (TPSA) is 59.6 Å². The first-order valence-electron chi connectivity index (χ1n) is 6.88. The number of rotatable bonds is 8. The summed E-state index contributed by atoms with van der Waals surface area (Å²) in [5.41, 5.74) is 1.10. The largest absolute Gasteiger partial charge is 0.493 e. The van der Waals surface area contributed by atoms with Crippen LogP contribution in [0.5, 0.6) is 11.5 Å². The van der Waals surface area contributed by atoms with E-state index >= 15 is 0 Å². The van der Waals surface area contributed by atoms with Crippen molar-refractivity contribution in [3.05, 3.63) is 23.8 Å². The van der Waals surface area contributed by atoms with Crippen molar-refractivity contribution in [3.8, 4) is 11.5 Å². The van der Waals surface area contributed by atoms with Gasteiger partial charge in [0.2, 0.25) is 0 Å². The van der Waals surface area contributed by atoms with E-state index in [9.17, 15) is 4.79 Å². The van der Waals surface area contributed by atoms with Crippen LogP contribution in [-0.4, -0.2) is 32.7 Å². The van der Waals surface area contributed by atoms with Crippen LogP contribution in [-0.2, 0) is 11.3 Å². The second-order valence-electron chi connectivity index (χ2n) is 4.54. The molecule has 0 aliphatic rings. The molecular formula is C15H24N2O3. The predicted octanol–water partition coefficient (Wildman–Crippen LogP) is 1.71. The van der Waals surface area contributed by atoms with Gasteiger partial charge < -0.3 is 20.1 Å². The third-order valence-electron chi connectivity index (χ3n) is 2.90. The number of ether oxygens (including phenoxy) is 2. The zero-order valence-electron chi connectivity index (χ0n) is 12.7. The molecule has 0 aromatic heterocycles. The molecule has 0 aliphatic carbocycles. The van der Waals surface area contributed by atoms with Crippen molar-refractivity contribution in [2.45, 2.75) is 32.9 Å². The third kappa shape index (κ3) is 4.74. The van der Waals surface area contributed by atoms with Gasteiger partial charge in [-0.2, -0.15) is 0 Å². The quantitative estimate of drug-likeness (QED) is 0.712. The Morgan fingerprint density at radius 3 is 2.70 bits per heavy atom. The van der Waals surface area contributed by atoms with Crippen molar-refractivity contribution in [1.82, 2.24) is 10.6 Å². The van der Waals surface area contributed by atoms with Gasteiger partial charge in [-0.05, 0) is 37.6 Å². The highest BCUT2D eigenvalue weighted by Crippen LogP contribution is 2.29. The summed E-state index contributed by atoms with van der Waals surface area (Å²) in [4.78, 5) is 11.5. The van der Waals surface area contributed by atoms with Crippen LogP contribution in [0.3, 0.4) is 0 Å². The number of benzene rings is 1. The zero-order chi connectivity index (χ0) is 15.0. The maximum Gasteiger partial charge on any atom is 0.260 e. The average Bonchev–Trinajstić information content (AvgIpc) is 2.47. The number of carbonyl (C=O) groups excluding carboxylic acids is 1. The number of carbonyl (C=O) groups is 1. The summed E-state index contributed by atoms with van der Waals surface area (Å²) in [5, 5.41) is 5.89. The molecule has 112 valence electrons. The van der Waals surface area contributed by atoms with Crippen molar-refractivity contribution < 1.29 is 14.3 Å². The number of hydrogen-bond donors (Lipinski definition) is 2. The van der Waals surface area contributed by atoms with E-state index < -0.39 is 6.10 Å². The summed E-state index contributed by atoms with van der Waals surface area (Å²) in [6, 6.07) is 5.74. The number of likely N-dealkylation sites (N-methyl/N-ethyl adjacent to an activating group) is 1. The molecule has 0 saturated heterocycles. The highest BCUT2D eigenvalue weighted by molar-refractivity contribution is 5.80. The highest BCUT2D eigenvalue weighted by atomic mass is 16.5. The lowest BCUT2D eigenvalue weighted by Crippen LogP contribution is -2.33. The van der Waals surface area contributed by atoms with E-state index in [0.29, 0.717) is 11.5 Å². The molecule has 0 saturated carbocycles. The van der Waals surface area contributed by atoms with E-state index in [1.165, 1.54) is 0 Å². The van der Waals surface area contributed by atoms with E-state index in [2.05, 4.69) is 17.6 Å². The van der Waals surface area contributed by atoms with Crippen LogP contribution in [0.15, 0.2) is 18.2 Å². The predicted molar refractivity (Wildman–Crippen MR) is 79.1 cm³/mol. The Hall–Kier alpha value is -1.75. The molecule has 0 bridgehead atoms. The molecule has 0 aliphatic heterocycles. The van der Waals surface area contributed by atoms with Crippen molar-refractivity contribution in [1.29, 1.82) is 0 Å². The summed E-state index contributed by atoms with van der Waals surface area (Å²) in [7, 11) is 3.17. The first kappa shape index (κ1) is 16.3. The zero-order valence-corrected chi connectivity index (χ0v) is 12.7. The molecule has 20 heavy (non-hydrogen) atoms. The molecule has 0 heterocycles. The molecule has 1 aromatic carbocycles. The average molecular weight is 280 g/mol. The molecule has 1 amide bonds. The van der Waals surface area contributed by atoms with Gasteiger partial charge in [-0.25, -0.2) is 0 Å². The van der Waals surface area contributed by atoms with Crippen LogP contribution in [0.2, 0.25) is 0 Å². The SMILES string of the molecule is CCCNCc1ccc(OC)c(OC(C)C(=O)NC)c1. The fraction of sp³-hybridized carbons (Fsp3) is 0.533. The monoisotopic (exact) mass is 280 g/mol. The third-order valence-corrected chi connectivity index (χ3v) is 2.90. The van der Waals surface area contributed by atoms with Gasteiger partial charge in [-0.3, -0.25) is 4.79 Å². The molecule has 5 heteroatoms. The lowest BCUT2D eigenvalue weighted by molar-refractivity contribution is -0.126. The number of amides is 1. The van der Waals surface area contributed by atoms with Gasteiger partial charge in [0, 0.05) is 13.6 Å². The normalized spacial score (nSPS) is 11.8. The summed E-state index contributed by atoms with van der Waals surface area (Å²) >= 11 is 0. The highest BCUT2D eigenvalue weighted by Gasteiger charge is 2.15. The Morgan fingerprint density at radius 2 is 2.10 bits per heavy atom. The molecule has 0 spiro atoms. The van der Waals surface area contributed by atoms with Gasteiger partial charge in [-0.1, -0.05) is 13.0 Å². The van der Waals surface area contributed by atoms with Gasteiger partial charge >= 0.3 is 0 Å². The van der Waals surface area contributed by atoms with Crippen LogP contribution < -0.4 is 20.1 Å². The lowest BCUT2D eigenvalue weighted by atomic mass is 10.2. The Bertz CT molecular complexity index is 435. The summed E-state index contributed by atoms with van der Waals surface area (Å²) in [6.07, 6.45) is 0.528. The molecular weight excluding hydrogens is 256 g/mol. The van der Waals surface area contributed by atoms with Gasteiger partial charge in [-0.15, -0.1) is 0 Å². The van der Waals surface area contributed by atoms with Crippen molar-refractivity contribution in [3.63, 3.8) is 0 Å². The Kier molecular flexibility index (Phi) is 6.87. The van der Waals surface area contributed by atoms with Gasteiger partial charge in [0.05, 0.1) is 7.11 Å². The van der Waals surface area contributed by atoms with E-state index in [-0.39, 0.29) is 5.91 Å². The summed E-state index contributed by atoms with van der Waals surface area (Å²) < 4.78 is 10.9. The van der Waals surface area contributed by atoms with Crippen LogP contribution in [0, 0.1) is 0 Å². The molecule has 1 atom stereocenters. The van der Waals surface area contributed by atoms with Crippen LogP contribution in [0.1, 0.15) is 25.8 Å². The minimum Gasteiger partial charge on any atom is -0.493 e. The first-order valence-corrected chi connectivity index (χ1v) is 6.88. The van der Waals surface area contributed by atoms with E-state index in [4.69, 9.17) is 9.47 Å². The minimum atomic E-state index is -0.562. The molecule has 0 fully saturated rings. The molecule has 0 radical (unpaired) electrons. The first-order chi connectivity index (χ1) is 9.62. The molecule has 1 rings (SSSR count). The summed E-state index contributed by atoms with van der Waals surface area (Å²) in [5.74, 6) is 1.04. The fourth-order valence-corrected chi connectivity index (χ4v) is 1.78. The number of hydrogen-bond acceptors (Lipinski definition) is 4. The van der Waals surface area contributed by atoms with Crippen LogP contribution >= 0.6 is 0 Å². The molecule has 1 unspecified atom stereocenters. The van der Waals surface area contributed by atoms with Crippen molar-refractivity contribution in [2.24, 2.45) is 0 Å². The minimum absolute atomic E-state index is 0.165. The fourth-order valence-electron chi connectivity index (χ4n) is 1.78. The van der Waals surface area contributed by atoms with E-state index in [1.54, 1.807) is 21.1 Å². The van der Waals surface area contributed by atoms with Gasteiger partial charge in [0.1, 0.15) is 0 Å². The Labute approximate surface area is 120 Å². The maximum absolute atomic E-state index is 11.5. The lowest BCUT2D eigenvalue weighted by Gasteiger charge is -2.16. The smallest absolute Gasteiger partial charge is 0.260 e. The molecule has 5 nitrogen and oxygen atoms in total. The van der Waals surface area contributed by atoms with E-state index in [0.717, 1.165) is 25.1 Å². The van der Waals surface area contributed by atoms with E-state index in [1.807, 2.05) is 18.2 Å². The standard InChI is InChI=1S/C15H24N2O3/c1-5-8-17-10-12-6-7-13(19-4)14(9-12)20-11(2)15(18)16-3/h6-7,9,11,17H,5,8,10H2,1-4H3,(H,16,18). The van der Waals surface area contributed by atoms with Crippen LogP contribution in [0.4, 0.5) is 0 Å². The Balaban J connectivity index is 2.80. The maximum atomic E-state index is 11.5.